The first kappa shape index (κ1) is 19.9. The summed E-state index contributed by atoms with van der Waals surface area (Å²) in [7, 11) is 0. The number of amides is 1. The lowest BCUT2D eigenvalue weighted by molar-refractivity contribution is -0.125. The van der Waals surface area contributed by atoms with Crippen LogP contribution >= 0.6 is 0 Å². The third kappa shape index (κ3) is 3.75. The number of nitrogens with one attached hydrogen (secondary N) is 1. The standard InChI is InChI=1S/C25H31N5O/c1-17-9-10-18(2)29(17)23-19(3)27-30(22-7-5-4-6-8-22)25(23)28-15-13-20(14-16-28)24(31)26-21-11-12-21/h4-10,20-21H,11-16H2,1-3H3,(H,26,31). The molecule has 31 heavy (non-hydrogen) atoms. The second kappa shape index (κ2) is 7.91. The number of aromatic nitrogens is 3. The fourth-order valence-electron chi connectivity index (χ4n) is 4.72. The van der Waals surface area contributed by atoms with Gasteiger partial charge in [0.2, 0.25) is 5.91 Å². The normalized spacial score (nSPS) is 17.2. The van der Waals surface area contributed by atoms with Crippen LogP contribution in [0.1, 0.15) is 42.8 Å². The van der Waals surface area contributed by atoms with Gasteiger partial charge in [-0.1, -0.05) is 18.2 Å². The smallest absolute Gasteiger partial charge is 0.223 e. The van der Waals surface area contributed by atoms with Crippen LogP contribution in [0, 0.1) is 26.7 Å². The van der Waals surface area contributed by atoms with Gasteiger partial charge >= 0.3 is 0 Å². The van der Waals surface area contributed by atoms with Gasteiger partial charge < -0.3 is 14.8 Å². The van der Waals surface area contributed by atoms with Gasteiger partial charge in [-0.25, -0.2) is 4.68 Å². The summed E-state index contributed by atoms with van der Waals surface area (Å²) in [5.74, 6) is 1.48. The SMILES string of the molecule is Cc1nn(-c2ccccc2)c(N2CCC(C(=O)NC3CC3)CC2)c1-n1c(C)ccc1C. The first-order valence-electron chi connectivity index (χ1n) is 11.4. The Labute approximate surface area is 183 Å². The highest BCUT2D eigenvalue weighted by molar-refractivity contribution is 5.79. The van der Waals surface area contributed by atoms with Gasteiger partial charge in [0.1, 0.15) is 5.69 Å². The van der Waals surface area contributed by atoms with Gasteiger partial charge in [-0.3, -0.25) is 4.79 Å². The van der Waals surface area contributed by atoms with Crippen LogP contribution in [0.3, 0.4) is 0 Å². The molecule has 1 amide bonds. The lowest BCUT2D eigenvalue weighted by Gasteiger charge is -2.34. The maximum absolute atomic E-state index is 12.6. The van der Waals surface area contributed by atoms with Gasteiger partial charge in [-0.2, -0.15) is 5.10 Å². The number of benzene rings is 1. The Balaban J connectivity index is 1.51. The molecule has 6 nitrogen and oxygen atoms in total. The number of rotatable bonds is 5. The number of piperidine rings is 1. The predicted octanol–water partition coefficient (Wildman–Crippen LogP) is 4.08. The third-order valence-electron chi connectivity index (χ3n) is 6.59. The second-order valence-corrected chi connectivity index (χ2v) is 9.00. The molecule has 2 aliphatic rings. The number of anilines is 1. The molecule has 2 fully saturated rings. The minimum Gasteiger partial charge on any atom is -0.355 e. The Hall–Kier alpha value is -3.02. The molecule has 0 atom stereocenters. The summed E-state index contributed by atoms with van der Waals surface area (Å²) < 4.78 is 4.39. The Bertz CT molecular complexity index is 1070. The zero-order chi connectivity index (χ0) is 21.5. The van der Waals surface area contributed by atoms with E-state index in [1.165, 1.54) is 11.4 Å². The van der Waals surface area contributed by atoms with E-state index in [2.05, 4.69) is 76.6 Å². The maximum atomic E-state index is 12.6. The Morgan fingerprint density at radius 2 is 1.58 bits per heavy atom. The number of nitrogens with zero attached hydrogens (tertiary/aromatic N) is 4. The van der Waals surface area contributed by atoms with E-state index in [-0.39, 0.29) is 11.8 Å². The molecule has 1 N–H and O–H groups in total. The molecule has 1 aliphatic heterocycles. The van der Waals surface area contributed by atoms with Crippen LogP contribution in [-0.2, 0) is 4.79 Å². The summed E-state index contributed by atoms with van der Waals surface area (Å²) in [4.78, 5) is 15.0. The van der Waals surface area contributed by atoms with Crippen molar-refractivity contribution in [1.29, 1.82) is 0 Å². The van der Waals surface area contributed by atoms with Crippen molar-refractivity contribution in [2.24, 2.45) is 5.92 Å². The highest BCUT2D eigenvalue weighted by atomic mass is 16.2. The molecule has 0 unspecified atom stereocenters. The van der Waals surface area contributed by atoms with Gasteiger partial charge in [0.05, 0.1) is 11.4 Å². The molecule has 6 heteroatoms. The van der Waals surface area contributed by atoms with Gasteiger partial charge in [0, 0.05) is 36.4 Å². The van der Waals surface area contributed by atoms with Gasteiger partial charge in [-0.05, 0) is 70.7 Å². The fraction of sp³-hybridized carbons (Fsp3) is 0.440. The van der Waals surface area contributed by atoms with E-state index in [1.807, 2.05) is 6.07 Å². The molecule has 2 aromatic heterocycles. The van der Waals surface area contributed by atoms with Crippen LogP contribution in [0.15, 0.2) is 42.5 Å². The molecule has 0 spiro atoms. The molecule has 3 heterocycles. The Morgan fingerprint density at radius 3 is 2.19 bits per heavy atom. The van der Waals surface area contributed by atoms with E-state index in [9.17, 15) is 4.79 Å². The summed E-state index contributed by atoms with van der Waals surface area (Å²) in [5.41, 5.74) is 5.61. The van der Waals surface area contributed by atoms with Crippen molar-refractivity contribution < 1.29 is 4.79 Å². The van der Waals surface area contributed by atoms with Gasteiger partial charge in [-0.15, -0.1) is 0 Å². The summed E-state index contributed by atoms with van der Waals surface area (Å²) in [6.45, 7) is 8.09. The van der Waals surface area contributed by atoms with E-state index in [4.69, 9.17) is 5.10 Å². The predicted molar refractivity (Wildman–Crippen MR) is 123 cm³/mol. The van der Waals surface area contributed by atoms with E-state index in [1.54, 1.807) is 0 Å². The zero-order valence-corrected chi connectivity index (χ0v) is 18.6. The van der Waals surface area contributed by atoms with E-state index in [0.717, 1.165) is 61.7 Å². The van der Waals surface area contributed by atoms with E-state index >= 15 is 0 Å². The molecule has 1 aromatic carbocycles. The van der Waals surface area contributed by atoms with Crippen molar-refractivity contribution in [2.45, 2.75) is 52.5 Å². The van der Waals surface area contributed by atoms with E-state index in [0.29, 0.717) is 6.04 Å². The number of carbonyl (C=O) groups is 1. The maximum Gasteiger partial charge on any atom is 0.223 e. The summed E-state index contributed by atoms with van der Waals surface area (Å²) >= 11 is 0. The molecule has 0 radical (unpaired) electrons. The first-order chi connectivity index (χ1) is 15.0. The van der Waals surface area contributed by atoms with Crippen molar-refractivity contribution in [3.63, 3.8) is 0 Å². The monoisotopic (exact) mass is 417 g/mol. The topological polar surface area (TPSA) is 55.1 Å². The number of aryl methyl sites for hydroxylation is 3. The van der Waals surface area contributed by atoms with Crippen LogP contribution in [-0.4, -0.2) is 39.4 Å². The lowest BCUT2D eigenvalue weighted by Crippen LogP contribution is -2.42. The molecule has 5 rings (SSSR count). The highest BCUT2D eigenvalue weighted by Gasteiger charge is 2.32. The Kier molecular flexibility index (Phi) is 5.08. The van der Waals surface area contributed by atoms with Crippen molar-refractivity contribution >= 4 is 11.7 Å². The molecule has 0 bridgehead atoms. The van der Waals surface area contributed by atoms with Gasteiger partial charge in [0.25, 0.3) is 0 Å². The molecule has 162 valence electrons. The number of hydrogen-bond acceptors (Lipinski definition) is 3. The van der Waals surface area contributed by atoms with Crippen LogP contribution in [0.2, 0.25) is 0 Å². The summed E-state index contributed by atoms with van der Waals surface area (Å²) in [5, 5.41) is 8.16. The molecular formula is C25H31N5O. The van der Waals surface area contributed by atoms with Crippen LogP contribution < -0.4 is 10.2 Å². The van der Waals surface area contributed by atoms with Crippen molar-refractivity contribution in [1.82, 2.24) is 19.7 Å². The minimum absolute atomic E-state index is 0.115. The minimum atomic E-state index is 0.115. The fourth-order valence-corrected chi connectivity index (χ4v) is 4.72. The largest absolute Gasteiger partial charge is 0.355 e. The van der Waals surface area contributed by atoms with E-state index < -0.39 is 0 Å². The molecule has 1 aliphatic carbocycles. The average Bonchev–Trinajstić information content (AvgIpc) is 3.46. The van der Waals surface area contributed by atoms with Crippen LogP contribution in [0.25, 0.3) is 11.4 Å². The summed E-state index contributed by atoms with van der Waals surface area (Å²) in [6, 6.07) is 15.1. The molecular weight excluding hydrogens is 386 g/mol. The van der Waals surface area contributed by atoms with Gasteiger partial charge in [0.15, 0.2) is 5.82 Å². The number of para-hydroxylation sites is 1. The molecule has 1 saturated heterocycles. The highest BCUT2D eigenvalue weighted by Crippen LogP contribution is 2.35. The summed E-state index contributed by atoms with van der Waals surface area (Å²) in [6.07, 6.45) is 4.03. The van der Waals surface area contributed by atoms with Crippen molar-refractivity contribution in [3.05, 3.63) is 59.5 Å². The van der Waals surface area contributed by atoms with Crippen molar-refractivity contribution in [3.8, 4) is 11.4 Å². The quantitative estimate of drug-likeness (QED) is 0.680. The first-order valence-corrected chi connectivity index (χ1v) is 11.4. The van der Waals surface area contributed by atoms with Crippen molar-refractivity contribution in [2.75, 3.05) is 18.0 Å². The zero-order valence-electron chi connectivity index (χ0n) is 18.6. The Morgan fingerprint density at radius 1 is 0.935 bits per heavy atom. The van der Waals surface area contributed by atoms with Crippen LogP contribution in [0.5, 0.6) is 0 Å². The lowest BCUT2D eigenvalue weighted by atomic mass is 9.95. The molecule has 3 aromatic rings. The number of carbonyl (C=O) groups excluding carboxylic acids is 1. The third-order valence-corrected chi connectivity index (χ3v) is 6.59. The number of hydrogen-bond donors (Lipinski definition) is 1. The average molecular weight is 418 g/mol. The second-order valence-electron chi connectivity index (χ2n) is 9.00. The molecule has 1 saturated carbocycles. The van der Waals surface area contributed by atoms with Crippen LogP contribution in [0.4, 0.5) is 5.82 Å².